The van der Waals surface area contributed by atoms with Crippen molar-refractivity contribution in [3.05, 3.63) is 66.1 Å². The molecule has 0 aliphatic heterocycles. The van der Waals surface area contributed by atoms with Crippen LogP contribution >= 0.6 is 0 Å². The molecule has 0 saturated carbocycles. The molecule has 26 heavy (non-hydrogen) atoms. The van der Waals surface area contributed by atoms with Crippen molar-refractivity contribution in [3.8, 4) is 0 Å². The minimum atomic E-state index is -4.64. The third kappa shape index (κ3) is 3.21. The summed E-state index contributed by atoms with van der Waals surface area (Å²) in [5, 5.41) is 17.7. The van der Waals surface area contributed by atoms with Gasteiger partial charge in [0.25, 0.3) is 5.82 Å². The highest BCUT2D eigenvalue weighted by atomic mass is 19.4. The molecule has 1 aromatic carbocycles. The van der Waals surface area contributed by atoms with E-state index in [2.05, 4.69) is 25.7 Å². The fraction of sp³-hybridized carbons (Fsp3) is 0.125. The third-order valence-electron chi connectivity index (χ3n) is 3.60. The molecule has 4 aromatic rings. The summed E-state index contributed by atoms with van der Waals surface area (Å²) in [6, 6.07) is 14.4. The second kappa shape index (κ2) is 6.14. The van der Waals surface area contributed by atoms with Crippen molar-refractivity contribution < 1.29 is 13.2 Å². The maximum atomic E-state index is 12.9. The lowest BCUT2D eigenvalue weighted by Crippen LogP contribution is -2.13. The lowest BCUT2D eigenvalue weighted by molar-refractivity contribution is -0.146. The highest BCUT2D eigenvalue weighted by Gasteiger charge is 2.37. The Morgan fingerprint density at radius 3 is 2.42 bits per heavy atom. The van der Waals surface area contributed by atoms with Crippen molar-refractivity contribution in [2.75, 3.05) is 5.32 Å². The molecule has 10 heteroatoms. The summed E-state index contributed by atoms with van der Waals surface area (Å²) < 4.78 is 41.1. The van der Waals surface area contributed by atoms with E-state index in [-0.39, 0.29) is 11.5 Å². The first-order valence-electron chi connectivity index (χ1n) is 7.63. The molecule has 3 aromatic heterocycles. The van der Waals surface area contributed by atoms with Crippen molar-refractivity contribution in [3.63, 3.8) is 0 Å². The molecule has 0 atom stereocenters. The lowest BCUT2D eigenvalue weighted by atomic mass is 10.2. The maximum Gasteiger partial charge on any atom is 0.453 e. The van der Waals surface area contributed by atoms with Crippen LogP contribution in [0, 0.1) is 0 Å². The molecule has 0 bridgehead atoms. The molecule has 0 spiro atoms. The van der Waals surface area contributed by atoms with Crippen LogP contribution in [0.5, 0.6) is 0 Å². The van der Waals surface area contributed by atoms with Gasteiger partial charge in [-0.05, 0) is 17.7 Å². The van der Waals surface area contributed by atoms with Crippen LogP contribution in [0.3, 0.4) is 0 Å². The number of rotatable bonds is 4. The average Bonchev–Trinajstić information content (AvgIpc) is 3.22. The molecular formula is C16H12F3N7. The summed E-state index contributed by atoms with van der Waals surface area (Å²) >= 11 is 0. The average molecular weight is 359 g/mol. The largest absolute Gasteiger partial charge is 0.453 e. The Kier molecular flexibility index (Phi) is 3.79. The Hall–Kier alpha value is -3.43. The molecule has 3 heterocycles. The number of nitrogens with one attached hydrogen (secondary N) is 1. The fourth-order valence-corrected chi connectivity index (χ4v) is 2.45. The van der Waals surface area contributed by atoms with Crippen LogP contribution in [0.15, 0.2) is 54.7 Å². The molecule has 0 radical (unpaired) electrons. The van der Waals surface area contributed by atoms with Gasteiger partial charge >= 0.3 is 6.18 Å². The van der Waals surface area contributed by atoms with E-state index in [1.807, 2.05) is 30.3 Å². The highest BCUT2D eigenvalue weighted by molar-refractivity contribution is 5.53. The minimum Gasteiger partial charge on any atom is -0.322 e. The molecule has 0 aliphatic rings. The number of fused-ring (bicyclic) bond motifs is 1. The Morgan fingerprint density at radius 2 is 1.65 bits per heavy atom. The minimum absolute atomic E-state index is 0.0116. The molecule has 0 aliphatic carbocycles. The summed E-state index contributed by atoms with van der Waals surface area (Å²) in [6.45, 7) is 0.582. The second-order valence-corrected chi connectivity index (χ2v) is 5.52. The Balaban J connectivity index is 1.56. The van der Waals surface area contributed by atoms with Gasteiger partial charge in [-0.3, -0.25) is 4.68 Å². The predicted octanol–water partition coefficient (Wildman–Crippen LogP) is 3.13. The van der Waals surface area contributed by atoms with E-state index < -0.39 is 12.0 Å². The van der Waals surface area contributed by atoms with Gasteiger partial charge in [0.15, 0.2) is 17.3 Å². The highest BCUT2D eigenvalue weighted by Crippen LogP contribution is 2.27. The molecule has 0 unspecified atom stereocenters. The number of anilines is 2. The van der Waals surface area contributed by atoms with Crippen LogP contribution in [-0.2, 0) is 12.7 Å². The van der Waals surface area contributed by atoms with Crippen molar-refractivity contribution >= 4 is 17.3 Å². The topological polar surface area (TPSA) is 72.9 Å². The normalized spacial score (nSPS) is 11.8. The summed E-state index contributed by atoms with van der Waals surface area (Å²) in [4.78, 5) is 0. The number of halogens is 3. The van der Waals surface area contributed by atoms with E-state index in [0.29, 0.717) is 16.9 Å². The first kappa shape index (κ1) is 16.1. The van der Waals surface area contributed by atoms with Gasteiger partial charge in [0.2, 0.25) is 0 Å². The first-order valence-corrected chi connectivity index (χ1v) is 7.63. The number of nitrogens with zero attached hydrogens (tertiary/aromatic N) is 6. The molecule has 0 saturated heterocycles. The summed E-state index contributed by atoms with van der Waals surface area (Å²) in [6.07, 6.45) is -2.87. The lowest BCUT2D eigenvalue weighted by Gasteiger charge is -2.06. The standard InChI is InChI=1S/C16H12F3N7/c17-16(18,19)15-22-21-14-7-6-12(24-26(14)15)20-13-8-9-25(23-13)10-11-4-2-1-3-5-11/h1-9H,10H2,(H,20,23,24). The van der Waals surface area contributed by atoms with E-state index in [1.165, 1.54) is 12.1 Å². The Labute approximate surface area is 145 Å². The molecule has 0 fully saturated rings. The Morgan fingerprint density at radius 1 is 0.885 bits per heavy atom. The van der Waals surface area contributed by atoms with Crippen molar-refractivity contribution in [1.82, 2.24) is 29.6 Å². The molecule has 7 nitrogen and oxygen atoms in total. The van der Waals surface area contributed by atoms with Crippen molar-refractivity contribution in [1.29, 1.82) is 0 Å². The smallest absolute Gasteiger partial charge is 0.322 e. The summed E-state index contributed by atoms with van der Waals surface area (Å²) in [5.74, 6) is -0.507. The maximum absolute atomic E-state index is 12.9. The van der Waals surface area contributed by atoms with Crippen molar-refractivity contribution in [2.45, 2.75) is 12.7 Å². The van der Waals surface area contributed by atoms with Gasteiger partial charge in [-0.1, -0.05) is 30.3 Å². The van der Waals surface area contributed by atoms with Gasteiger partial charge in [0, 0.05) is 12.3 Å². The summed E-state index contributed by atoms with van der Waals surface area (Å²) in [5.41, 5.74) is 1.10. The van der Waals surface area contributed by atoms with E-state index in [1.54, 1.807) is 16.9 Å². The van der Waals surface area contributed by atoms with Gasteiger partial charge in [0.1, 0.15) is 0 Å². The first-order chi connectivity index (χ1) is 12.5. The van der Waals surface area contributed by atoms with E-state index in [9.17, 15) is 13.2 Å². The van der Waals surface area contributed by atoms with Crippen LogP contribution < -0.4 is 5.32 Å². The van der Waals surface area contributed by atoms with Crippen LogP contribution in [0.2, 0.25) is 0 Å². The van der Waals surface area contributed by atoms with Gasteiger partial charge in [0.05, 0.1) is 6.54 Å². The molecular weight excluding hydrogens is 347 g/mol. The van der Waals surface area contributed by atoms with Crippen LogP contribution in [0.4, 0.5) is 24.8 Å². The number of hydrogen-bond acceptors (Lipinski definition) is 5. The zero-order chi connectivity index (χ0) is 18.1. The zero-order valence-electron chi connectivity index (χ0n) is 13.2. The van der Waals surface area contributed by atoms with Crippen LogP contribution in [-0.4, -0.2) is 29.6 Å². The zero-order valence-corrected chi connectivity index (χ0v) is 13.2. The Bertz CT molecular complexity index is 1040. The number of benzene rings is 1. The second-order valence-electron chi connectivity index (χ2n) is 5.52. The molecule has 4 rings (SSSR count). The van der Waals surface area contributed by atoms with Gasteiger partial charge in [-0.2, -0.15) is 22.8 Å². The number of hydrogen-bond donors (Lipinski definition) is 1. The van der Waals surface area contributed by atoms with Crippen molar-refractivity contribution in [2.24, 2.45) is 0 Å². The monoisotopic (exact) mass is 359 g/mol. The fourth-order valence-electron chi connectivity index (χ4n) is 2.45. The van der Waals surface area contributed by atoms with Gasteiger partial charge in [-0.25, -0.2) is 0 Å². The SMILES string of the molecule is FC(F)(F)c1nnc2ccc(Nc3ccn(Cc4ccccc4)n3)nn12. The third-order valence-corrected chi connectivity index (χ3v) is 3.60. The van der Waals surface area contributed by atoms with Gasteiger partial charge in [-0.15, -0.1) is 15.3 Å². The van der Waals surface area contributed by atoms with E-state index >= 15 is 0 Å². The molecule has 132 valence electrons. The van der Waals surface area contributed by atoms with E-state index in [0.717, 1.165) is 5.56 Å². The number of alkyl halides is 3. The van der Waals surface area contributed by atoms with Crippen LogP contribution in [0.25, 0.3) is 5.65 Å². The molecule has 1 N–H and O–H groups in total. The molecule has 0 amide bonds. The summed E-state index contributed by atoms with van der Waals surface area (Å²) in [7, 11) is 0. The van der Waals surface area contributed by atoms with Gasteiger partial charge < -0.3 is 5.32 Å². The predicted molar refractivity (Wildman–Crippen MR) is 86.8 cm³/mol. The van der Waals surface area contributed by atoms with E-state index in [4.69, 9.17) is 0 Å². The van der Waals surface area contributed by atoms with Crippen LogP contribution in [0.1, 0.15) is 11.4 Å². The quantitative estimate of drug-likeness (QED) is 0.606. The number of aromatic nitrogens is 6.